The van der Waals surface area contributed by atoms with Gasteiger partial charge in [0.1, 0.15) is 0 Å². The van der Waals surface area contributed by atoms with Crippen molar-refractivity contribution in [2.24, 2.45) is 5.73 Å². The summed E-state index contributed by atoms with van der Waals surface area (Å²) in [5.74, 6) is 0. The minimum absolute atomic E-state index is 0.724. The van der Waals surface area contributed by atoms with Gasteiger partial charge in [0, 0.05) is 23.8 Å². The van der Waals surface area contributed by atoms with Crippen LogP contribution in [0.5, 0.6) is 0 Å². The van der Waals surface area contributed by atoms with Crippen LogP contribution >= 0.6 is 0 Å². The Bertz CT molecular complexity index is 440. The lowest BCUT2D eigenvalue weighted by Gasteiger charge is -2.06. The van der Waals surface area contributed by atoms with Gasteiger partial charge in [0.25, 0.3) is 0 Å². The molecule has 3 nitrogen and oxygen atoms in total. The van der Waals surface area contributed by atoms with E-state index >= 15 is 0 Å². The standard InChI is InChI=1S/C12H15N3/c13-6-2-8-14-11-4-5-12-10(9-11)3-1-7-15-12/h1,3-5,7,9,14H,2,6,8,13H2. The van der Waals surface area contributed by atoms with Gasteiger partial charge < -0.3 is 11.1 Å². The Balaban J connectivity index is 2.16. The predicted octanol–water partition coefficient (Wildman–Crippen LogP) is 2.00. The maximum Gasteiger partial charge on any atom is 0.0703 e. The number of hydrogen-bond acceptors (Lipinski definition) is 3. The molecule has 0 aliphatic heterocycles. The van der Waals surface area contributed by atoms with Gasteiger partial charge in [0.15, 0.2) is 0 Å². The number of rotatable bonds is 4. The van der Waals surface area contributed by atoms with Crippen molar-refractivity contribution in [2.45, 2.75) is 6.42 Å². The molecule has 0 amide bonds. The van der Waals surface area contributed by atoms with Gasteiger partial charge in [-0.2, -0.15) is 0 Å². The van der Waals surface area contributed by atoms with Crippen LogP contribution in [0, 0.1) is 0 Å². The number of nitrogens with zero attached hydrogens (tertiary/aromatic N) is 1. The SMILES string of the molecule is NCCCNc1ccc2ncccc2c1. The first-order valence-corrected chi connectivity index (χ1v) is 5.19. The van der Waals surface area contributed by atoms with Crippen LogP contribution in [0.25, 0.3) is 10.9 Å². The summed E-state index contributed by atoms with van der Waals surface area (Å²) < 4.78 is 0. The van der Waals surface area contributed by atoms with Gasteiger partial charge in [0.2, 0.25) is 0 Å². The Morgan fingerprint density at radius 1 is 1.27 bits per heavy atom. The molecule has 0 saturated carbocycles. The summed E-state index contributed by atoms with van der Waals surface area (Å²) in [5.41, 5.74) is 7.59. The lowest BCUT2D eigenvalue weighted by atomic mass is 10.2. The summed E-state index contributed by atoms with van der Waals surface area (Å²) in [7, 11) is 0. The van der Waals surface area contributed by atoms with Crippen LogP contribution in [0.2, 0.25) is 0 Å². The zero-order valence-corrected chi connectivity index (χ0v) is 8.61. The van der Waals surface area contributed by atoms with Gasteiger partial charge >= 0.3 is 0 Å². The summed E-state index contributed by atoms with van der Waals surface area (Å²) in [6, 6.07) is 10.2. The molecule has 1 aromatic carbocycles. The number of fused-ring (bicyclic) bond motifs is 1. The van der Waals surface area contributed by atoms with Crippen LogP contribution in [-0.4, -0.2) is 18.1 Å². The van der Waals surface area contributed by atoms with Crippen LogP contribution in [0.4, 0.5) is 5.69 Å². The fourth-order valence-electron chi connectivity index (χ4n) is 1.52. The maximum atomic E-state index is 5.43. The molecule has 0 spiro atoms. The van der Waals surface area contributed by atoms with Crippen molar-refractivity contribution in [3.63, 3.8) is 0 Å². The van der Waals surface area contributed by atoms with Crippen LogP contribution in [0.1, 0.15) is 6.42 Å². The van der Waals surface area contributed by atoms with Gasteiger partial charge in [-0.25, -0.2) is 0 Å². The molecule has 3 heteroatoms. The molecule has 78 valence electrons. The highest BCUT2D eigenvalue weighted by atomic mass is 14.9. The predicted molar refractivity (Wildman–Crippen MR) is 63.9 cm³/mol. The first-order valence-electron chi connectivity index (χ1n) is 5.19. The molecule has 1 heterocycles. The first kappa shape index (κ1) is 9.93. The van der Waals surface area contributed by atoms with Crippen molar-refractivity contribution in [2.75, 3.05) is 18.4 Å². The monoisotopic (exact) mass is 201 g/mol. The highest BCUT2D eigenvalue weighted by Gasteiger charge is 1.95. The number of nitrogens with two attached hydrogens (primary N) is 1. The van der Waals surface area contributed by atoms with Crippen molar-refractivity contribution in [1.29, 1.82) is 0 Å². The van der Waals surface area contributed by atoms with E-state index in [1.54, 1.807) is 0 Å². The third kappa shape index (κ3) is 2.44. The number of aromatic nitrogens is 1. The molecular formula is C12H15N3. The van der Waals surface area contributed by atoms with Crippen LogP contribution in [-0.2, 0) is 0 Å². The summed E-state index contributed by atoms with van der Waals surface area (Å²) >= 11 is 0. The zero-order valence-electron chi connectivity index (χ0n) is 8.61. The average Bonchev–Trinajstić information content (AvgIpc) is 2.29. The summed E-state index contributed by atoms with van der Waals surface area (Å²) in [4.78, 5) is 4.27. The molecule has 0 radical (unpaired) electrons. The topological polar surface area (TPSA) is 50.9 Å². The second-order valence-electron chi connectivity index (χ2n) is 3.48. The van der Waals surface area contributed by atoms with Gasteiger partial charge in [-0.15, -0.1) is 0 Å². The normalized spacial score (nSPS) is 10.5. The Morgan fingerprint density at radius 3 is 3.07 bits per heavy atom. The molecule has 0 atom stereocenters. The number of pyridine rings is 1. The number of hydrogen-bond donors (Lipinski definition) is 2. The van der Waals surface area contributed by atoms with Crippen LogP contribution in [0.15, 0.2) is 36.5 Å². The van der Waals surface area contributed by atoms with E-state index in [4.69, 9.17) is 5.73 Å². The molecule has 2 aromatic rings. The lowest BCUT2D eigenvalue weighted by molar-refractivity contribution is 0.874. The molecule has 15 heavy (non-hydrogen) atoms. The van der Waals surface area contributed by atoms with E-state index in [9.17, 15) is 0 Å². The number of nitrogens with one attached hydrogen (secondary N) is 1. The van der Waals surface area contributed by atoms with E-state index in [-0.39, 0.29) is 0 Å². The van der Waals surface area contributed by atoms with Crippen LogP contribution < -0.4 is 11.1 Å². The molecule has 1 aromatic heterocycles. The quantitative estimate of drug-likeness (QED) is 0.744. The van der Waals surface area contributed by atoms with E-state index < -0.39 is 0 Å². The Hall–Kier alpha value is -1.61. The van der Waals surface area contributed by atoms with Gasteiger partial charge in [-0.1, -0.05) is 6.07 Å². The minimum Gasteiger partial charge on any atom is -0.385 e. The molecular weight excluding hydrogens is 186 g/mol. The third-order valence-electron chi connectivity index (χ3n) is 2.31. The molecule has 0 saturated heterocycles. The Labute approximate surface area is 89.3 Å². The average molecular weight is 201 g/mol. The van der Waals surface area contributed by atoms with Crippen molar-refractivity contribution in [3.05, 3.63) is 36.5 Å². The summed E-state index contributed by atoms with van der Waals surface area (Å²) in [6.07, 6.45) is 2.80. The van der Waals surface area contributed by atoms with Crippen molar-refractivity contribution >= 4 is 16.6 Å². The van der Waals surface area contributed by atoms with Gasteiger partial charge in [0.05, 0.1) is 5.52 Å². The van der Waals surface area contributed by atoms with Gasteiger partial charge in [-0.05, 0) is 37.2 Å². The van der Waals surface area contributed by atoms with E-state index in [2.05, 4.69) is 22.4 Å². The molecule has 2 rings (SSSR count). The van der Waals surface area contributed by atoms with Gasteiger partial charge in [-0.3, -0.25) is 4.98 Å². The van der Waals surface area contributed by atoms with Crippen molar-refractivity contribution in [1.82, 2.24) is 4.98 Å². The molecule has 0 aliphatic rings. The van der Waals surface area contributed by atoms with Crippen molar-refractivity contribution in [3.8, 4) is 0 Å². The Kier molecular flexibility index (Phi) is 3.15. The van der Waals surface area contributed by atoms with Crippen molar-refractivity contribution < 1.29 is 0 Å². The number of anilines is 1. The summed E-state index contributed by atoms with van der Waals surface area (Å²) in [6.45, 7) is 1.64. The van der Waals surface area contributed by atoms with E-state index in [1.165, 1.54) is 0 Å². The zero-order chi connectivity index (χ0) is 10.5. The summed E-state index contributed by atoms with van der Waals surface area (Å²) in [5, 5.41) is 4.49. The molecule has 0 aliphatic carbocycles. The highest BCUT2D eigenvalue weighted by Crippen LogP contribution is 2.16. The van der Waals surface area contributed by atoms with E-state index in [0.717, 1.165) is 36.1 Å². The maximum absolute atomic E-state index is 5.43. The second-order valence-corrected chi connectivity index (χ2v) is 3.48. The second kappa shape index (κ2) is 4.75. The smallest absolute Gasteiger partial charge is 0.0703 e. The van der Waals surface area contributed by atoms with Crippen LogP contribution in [0.3, 0.4) is 0 Å². The van der Waals surface area contributed by atoms with E-state index in [0.29, 0.717) is 0 Å². The third-order valence-corrected chi connectivity index (χ3v) is 2.31. The number of benzene rings is 1. The first-order chi connectivity index (χ1) is 7.40. The minimum atomic E-state index is 0.724. The fourth-order valence-corrected chi connectivity index (χ4v) is 1.52. The molecule has 0 fully saturated rings. The molecule has 0 bridgehead atoms. The fraction of sp³-hybridized carbons (Fsp3) is 0.250. The van der Waals surface area contributed by atoms with E-state index in [1.807, 2.05) is 24.4 Å². The molecule has 3 N–H and O–H groups in total. The highest BCUT2D eigenvalue weighted by molar-refractivity contribution is 5.82. The Morgan fingerprint density at radius 2 is 2.20 bits per heavy atom. The largest absolute Gasteiger partial charge is 0.385 e. The molecule has 0 unspecified atom stereocenters. The lowest BCUT2D eigenvalue weighted by Crippen LogP contribution is -2.08.